The lowest BCUT2D eigenvalue weighted by atomic mass is 9.75. The topological polar surface area (TPSA) is 86.7 Å². The summed E-state index contributed by atoms with van der Waals surface area (Å²) in [6, 6.07) is 0. The number of aliphatic carboxylic acids is 1. The normalized spacial score (nSPS) is 25.3. The van der Waals surface area contributed by atoms with E-state index < -0.39 is 11.4 Å². The number of nitrogens with zero attached hydrogens (tertiary/aromatic N) is 1. The highest BCUT2D eigenvalue weighted by Gasteiger charge is 2.42. The van der Waals surface area contributed by atoms with E-state index in [1.807, 2.05) is 6.92 Å². The van der Waals surface area contributed by atoms with Crippen molar-refractivity contribution in [1.82, 2.24) is 10.2 Å². The first-order valence-corrected chi connectivity index (χ1v) is 7.77. The number of hydrogen-bond donors (Lipinski definition) is 2. The first-order valence-electron chi connectivity index (χ1n) is 7.77. The molecule has 0 aromatic rings. The predicted molar refractivity (Wildman–Crippen MR) is 76.5 cm³/mol. The minimum atomic E-state index is -0.735. The molecule has 2 fully saturated rings. The maximum Gasteiger partial charge on any atom is 0.309 e. The number of likely N-dealkylation sites (tertiary alicyclic amines) is 1. The molecular weight excluding hydrogens is 272 g/mol. The largest absolute Gasteiger partial charge is 0.481 e. The number of carboxylic acid groups (broad SMARTS) is 1. The monoisotopic (exact) mass is 296 g/mol. The third kappa shape index (κ3) is 3.36. The molecule has 2 rings (SSSR count). The lowest BCUT2D eigenvalue weighted by Gasteiger charge is -2.40. The van der Waals surface area contributed by atoms with E-state index in [0.29, 0.717) is 51.7 Å². The summed E-state index contributed by atoms with van der Waals surface area (Å²) in [5.74, 6) is -0.816. The van der Waals surface area contributed by atoms with Gasteiger partial charge < -0.3 is 15.3 Å². The Kier molecular flexibility index (Phi) is 4.85. The average molecular weight is 296 g/mol. The van der Waals surface area contributed by atoms with Crippen LogP contribution in [0.3, 0.4) is 0 Å². The van der Waals surface area contributed by atoms with E-state index >= 15 is 0 Å². The molecule has 1 unspecified atom stereocenters. The Hall–Kier alpha value is -1.59. The van der Waals surface area contributed by atoms with Crippen molar-refractivity contribution in [2.24, 2.45) is 11.3 Å². The quantitative estimate of drug-likeness (QED) is 0.810. The molecule has 0 bridgehead atoms. The van der Waals surface area contributed by atoms with Crippen LogP contribution in [-0.4, -0.2) is 47.4 Å². The van der Waals surface area contributed by atoms with Gasteiger partial charge in [0.1, 0.15) is 0 Å². The second-order valence-electron chi connectivity index (χ2n) is 6.20. The Bertz CT molecular complexity index is 417. The molecule has 2 aliphatic rings. The van der Waals surface area contributed by atoms with Gasteiger partial charge in [-0.2, -0.15) is 0 Å². The number of carboxylic acids is 1. The van der Waals surface area contributed by atoms with E-state index in [1.165, 1.54) is 0 Å². The second-order valence-corrected chi connectivity index (χ2v) is 6.20. The zero-order valence-electron chi connectivity index (χ0n) is 12.6. The summed E-state index contributed by atoms with van der Waals surface area (Å²) < 4.78 is 0. The summed E-state index contributed by atoms with van der Waals surface area (Å²) in [5.41, 5.74) is -0.660. The van der Waals surface area contributed by atoms with Gasteiger partial charge in [-0.05, 0) is 25.7 Å². The Balaban J connectivity index is 1.92. The van der Waals surface area contributed by atoms with Gasteiger partial charge in [0.25, 0.3) is 0 Å². The predicted octanol–water partition coefficient (Wildman–Crippen LogP) is 1.01. The van der Waals surface area contributed by atoms with Crippen LogP contribution in [0.4, 0.5) is 0 Å². The van der Waals surface area contributed by atoms with E-state index in [2.05, 4.69) is 5.32 Å². The van der Waals surface area contributed by atoms with Crippen LogP contribution in [0.5, 0.6) is 0 Å². The Morgan fingerprint density at radius 1 is 1.38 bits per heavy atom. The van der Waals surface area contributed by atoms with Crippen molar-refractivity contribution in [3.8, 4) is 0 Å². The zero-order chi connectivity index (χ0) is 15.5. The molecule has 0 aliphatic carbocycles. The standard InChI is InChI=1S/C15H24N2O4/c1-2-5-15(14(20)21)6-8-17(9-7-15)13(19)11-3-4-12(18)16-10-11/h11H,2-10H2,1H3,(H,16,18)(H,20,21). The molecule has 2 heterocycles. The molecule has 6 heteroatoms. The maximum absolute atomic E-state index is 12.4. The van der Waals surface area contributed by atoms with E-state index in [4.69, 9.17) is 0 Å². The number of carbonyl (C=O) groups is 3. The SMILES string of the molecule is CCCC1(C(=O)O)CCN(C(=O)C2CCC(=O)NC2)CC1. The highest BCUT2D eigenvalue weighted by Crippen LogP contribution is 2.37. The number of rotatable bonds is 4. The summed E-state index contributed by atoms with van der Waals surface area (Å²) in [7, 11) is 0. The molecule has 21 heavy (non-hydrogen) atoms. The van der Waals surface area contributed by atoms with E-state index in [9.17, 15) is 19.5 Å². The van der Waals surface area contributed by atoms with Crippen molar-refractivity contribution >= 4 is 17.8 Å². The molecule has 1 atom stereocenters. The highest BCUT2D eigenvalue weighted by molar-refractivity contribution is 5.84. The second kappa shape index (κ2) is 6.45. The van der Waals surface area contributed by atoms with Gasteiger partial charge in [0.05, 0.1) is 11.3 Å². The highest BCUT2D eigenvalue weighted by atomic mass is 16.4. The van der Waals surface area contributed by atoms with Gasteiger partial charge in [-0.25, -0.2) is 0 Å². The first-order chi connectivity index (χ1) is 9.98. The van der Waals surface area contributed by atoms with Gasteiger partial charge in [0, 0.05) is 26.1 Å². The fraction of sp³-hybridized carbons (Fsp3) is 0.800. The van der Waals surface area contributed by atoms with Crippen molar-refractivity contribution in [2.75, 3.05) is 19.6 Å². The van der Waals surface area contributed by atoms with Gasteiger partial charge in [0.15, 0.2) is 0 Å². The zero-order valence-corrected chi connectivity index (χ0v) is 12.6. The Labute approximate surface area is 124 Å². The van der Waals surface area contributed by atoms with Crippen molar-refractivity contribution in [3.05, 3.63) is 0 Å². The summed E-state index contributed by atoms with van der Waals surface area (Å²) in [6.45, 7) is 3.42. The number of amides is 2. The molecule has 0 spiro atoms. The first kappa shape index (κ1) is 15.8. The number of piperidine rings is 2. The molecule has 0 saturated carbocycles. The van der Waals surface area contributed by atoms with Crippen molar-refractivity contribution < 1.29 is 19.5 Å². The van der Waals surface area contributed by atoms with E-state index in [-0.39, 0.29) is 17.7 Å². The van der Waals surface area contributed by atoms with Crippen molar-refractivity contribution in [3.63, 3.8) is 0 Å². The van der Waals surface area contributed by atoms with Gasteiger partial charge in [0.2, 0.25) is 11.8 Å². The molecule has 6 nitrogen and oxygen atoms in total. The molecule has 118 valence electrons. The molecule has 2 saturated heterocycles. The van der Waals surface area contributed by atoms with E-state index in [1.54, 1.807) is 4.90 Å². The third-order valence-corrected chi connectivity index (χ3v) is 4.83. The molecule has 0 aromatic carbocycles. The minimum absolute atomic E-state index is 0.00512. The summed E-state index contributed by atoms with van der Waals surface area (Å²) >= 11 is 0. The van der Waals surface area contributed by atoms with Crippen molar-refractivity contribution in [1.29, 1.82) is 0 Å². The maximum atomic E-state index is 12.4. The molecule has 2 aliphatic heterocycles. The van der Waals surface area contributed by atoms with Crippen LogP contribution in [0.25, 0.3) is 0 Å². The van der Waals surface area contributed by atoms with Crippen LogP contribution in [0, 0.1) is 11.3 Å². The lowest BCUT2D eigenvalue weighted by Crippen LogP contribution is -2.50. The molecule has 0 radical (unpaired) electrons. The third-order valence-electron chi connectivity index (χ3n) is 4.83. The van der Waals surface area contributed by atoms with Crippen LogP contribution in [-0.2, 0) is 14.4 Å². The minimum Gasteiger partial charge on any atom is -0.481 e. The van der Waals surface area contributed by atoms with Gasteiger partial charge >= 0.3 is 5.97 Å². The Morgan fingerprint density at radius 3 is 2.52 bits per heavy atom. The van der Waals surface area contributed by atoms with E-state index in [0.717, 1.165) is 6.42 Å². The summed E-state index contributed by atoms with van der Waals surface area (Å²) in [6.07, 6.45) is 3.57. The number of carbonyl (C=O) groups excluding carboxylic acids is 2. The smallest absolute Gasteiger partial charge is 0.309 e. The van der Waals surface area contributed by atoms with Crippen LogP contribution >= 0.6 is 0 Å². The molecule has 2 N–H and O–H groups in total. The number of nitrogens with one attached hydrogen (secondary N) is 1. The Morgan fingerprint density at radius 2 is 2.05 bits per heavy atom. The average Bonchev–Trinajstić information content (AvgIpc) is 2.48. The molecular formula is C15H24N2O4. The van der Waals surface area contributed by atoms with Gasteiger partial charge in [-0.15, -0.1) is 0 Å². The summed E-state index contributed by atoms with van der Waals surface area (Å²) in [5, 5.41) is 12.2. The molecule has 2 amide bonds. The fourth-order valence-corrected chi connectivity index (χ4v) is 3.41. The lowest BCUT2D eigenvalue weighted by molar-refractivity contribution is -0.156. The van der Waals surface area contributed by atoms with Gasteiger partial charge in [-0.1, -0.05) is 13.3 Å². The number of hydrogen-bond acceptors (Lipinski definition) is 3. The molecule has 0 aromatic heterocycles. The van der Waals surface area contributed by atoms with Crippen molar-refractivity contribution in [2.45, 2.75) is 45.4 Å². The van der Waals surface area contributed by atoms with Crippen LogP contribution in [0.15, 0.2) is 0 Å². The van der Waals surface area contributed by atoms with Crippen LogP contribution < -0.4 is 5.32 Å². The van der Waals surface area contributed by atoms with Crippen LogP contribution in [0.2, 0.25) is 0 Å². The van der Waals surface area contributed by atoms with Gasteiger partial charge in [-0.3, -0.25) is 14.4 Å². The summed E-state index contributed by atoms with van der Waals surface area (Å²) in [4.78, 5) is 36.9. The fourth-order valence-electron chi connectivity index (χ4n) is 3.41. The van der Waals surface area contributed by atoms with Crippen LogP contribution in [0.1, 0.15) is 45.4 Å².